The first kappa shape index (κ1) is 69.2. The average Bonchev–Trinajstić information content (AvgIpc) is 1.52. The Bertz CT molecular complexity index is 6240. The molecule has 0 atom stereocenters. The minimum atomic E-state index is -5.19. The molecule has 0 N–H and O–H groups in total. The number of rotatable bonds is 15. The van der Waals surface area contributed by atoms with E-state index in [0.717, 1.165) is 44.5 Å². The Morgan fingerprint density at radius 1 is 0.207 bits per heavy atom. The van der Waals surface area contributed by atoms with Crippen LogP contribution in [0.1, 0.15) is 11.1 Å². The molecule has 0 aliphatic carbocycles. The van der Waals surface area contributed by atoms with Gasteiger partial charge in [0.25, 0.3) is 0 Å². The van der Waals surface area contributed by atoms with E-state index in [2.05, 4.69) is 6.07 Å². The third-order valence-electron chi connectivity index (χ3n) is 20.6. The van der Waals surface area contributed by atoms with Crippen LogP contribution in [-0.4, -0.2) is 68.9 Å². The topological polar surface area (TPSA) is 188 Å². The van der Waals surface area contributed by atoms with Crippen molar-refractivity contribution in [1.29, 1.82) is 5.26 Å². The Morgan fingerprint density at radius 2 is 0.414 bits per heavy atom. The lowest BCUT2D eigenvalue weighted by molar-refractivity contribution is -0.137. The molecule has 0 saturated heterocycles. The minimum Gasteiger partial charge on any atom is -0.308 e. The first-order chi connectivity index (χ1) is 57.0. The molecule has 18 heteroatoms. The molecule has 14 aromatic carbocycles. The van der Waals surface area contributed by atoms with Crippen molar-refractivity contribution >= 4 is 43.6 Å². The normalized spacial score (nSPS) is 11.6. The number of alkyl halides is 3. The highest BCUT2D eigenvalue weighted by atomic mass is 19.4. The van der Waals surface area contributed by atoms with Crippen molar-refractivity contribution in [3.8, 4) is 165 Å². The highest BCUT2D eigenvalue weighted by Crippen LogP contribution is 2.49. The van der Waals surface area contributed by atoms with E-state index in [1.165, 1.54) is 0 Å². The van der Waals surface area contributed by atoms with Gasteiger partial charge in [0.05, 0.1) is 45.1 Å². The number of nitrogens with zero attached hydrogens (tertiary/aromatic N) is 15. The molecule has 6 aromatic heterocycles. The van der Waals surface area contributed by atoms with Gasteiger partial charge in [-0.1, -0.05) is 303 Å². The van der Waals surface area contributed by atoms with Crippen LogP contribution in [0.2, 0.25) is 0 Å². The predicted molar refractivity (Wildman–Crippen MR) is 449 cm³/mol. The fraction of sp³-hybridized carbons (Fsp3) is 0.0102. The van der Waals surface area contributed by atoms with Gasteiger partial charge in [-0.25, -0.2) is 59.8 Å². The number of aromatic nitrogens is 14. The van der Waals surface area contributed by atoms with E-state index in [1.54, 1.807) is 45.5 Å². The zero-order valence-electron chi connectivity index (χ0n) is 61.3. The molecule has 0 aliphatic rings. The molecule has 15 nitrogen and oxygen atoms in total. The smallest absolute Gasteiger partial charge is 0.308 e. The summed E-state index contributed by atoms with van der Waals surface area (Å²) in [6, 6.07) is 112. The monoisotopic (exact) mass is 1500 g/mol. The van der Waals surface area contributed by atoms with Gasteiger partial charge in [0, 0.05) is 88.3 Å². The van der Waals surface area contributed by atoms with Crippen molar-refractivity contribution in [1.82, 2.24) is 68.9 Å². The van der Waals surface area contributed by atoms with Crippen molar-refractivity contribution < 1.29 is 13.2 Å². The maximum absolute atomic E-state index is 18.6. The summed E-state index contributed by atoms with van der Waals surface area (Å²) in [4.78, 5) is 61.4. The number of halogens is 3. The third kappa shape index (κ3) is 13.0. The van der Waals surface area contributed by atoms with Gasteiger partial charge in [0.1, 0.15) is 5.56 Å². The highest BCUT2D eigenvalue weighted by Gasteiger charge is 2.40. The second-order valence-corrected chi connectivity index (χ2v) is 27.8. The van der Waals surface area contributed by atoms with Gasteiger partial charge in [-0.3, -0.25) is 0 Å². The van der Waals surface area contributed by atoms with Gasteiger partial charge >= 0.3 is 6.18 Å². The Kier molecular flexibility index (Phi) is 17.3. The maximum Gasteiger partial charge on any atom is 0.420 e. The molecule has 20 aromatic rings. The lowest BCUT2D eigenvalue weighted by Crippen LogP contribution is -2.16. The van der Waals surface area contributed by atoms with Crippen molar-refractivity contribution in [2.75, 3.05) is 0 Å². The fourth-order valence-electron chi connectivity index (χ4n) is 15.1. The first-order valence-corrected chi connectivity index (χ1v) is 37.5. The van der Waals surface area contributed by atoms with Gasteiger partial charge in [-0.05, 0) is 59.7 Å². The van der Waals surface area contributed by atoms with Gasteiger partial charge in [-0.2, -0.15) is 18.4 Å². The summed E-state index contributed by atoms with van der Waals surface area (Å²) in [5, 5.41) is 13.1. The standard InChI is InChI=1S/C98H58F3N15/c99-98(100,101)85-83(115-79-53-70(94-107-86(61-27-9-1-10-28-61)103-87(108-94)62-29-11-2-12-30-62)44-48-75(79)76-49-45-71(54-80(76)115)95-109-88(63-31-13-3-14-32-63)104-89(110-95)64-33-15-4-16-34-64)57-74(69-43-25-26-60(52-69)59-102)58-84(85)116-81-55-72(96-111-90(65-35-17-5-18-36-65)105-91(112-96)66-37-19-6-20-38-66)46-50-77(81)78-51-47-73(56-82(78)116)97-113-92(67-39-21-7-22-40-67)106-93(114-97)68-41-23-8-24-42-68/h1-58H. The molecular formula is C98H58F3N15. The van der Waals surface area contributed by atoms with Crippen LogP contribution in [-0.2, 0) is 6.18 Å². The van der Waals surface area contributed by atoms with Gasteiger partial charge in [0.15, 0.2) is 69.9 Å². The molecule has 0 spiro atoms. The Hall–Kier alpha value is -16.0. The molecule has 116 heavy (non-hydrogen) atoms. The van der Waals surface area contributed by atoms with E-state index in [4.69, 9.17) is 59.8 Å². The number of nitriles is 1. The average molecular weight is 1500 g/mol. The van der Waals surface area contributed by atoms with Crippen molar-refractivity contribution in [2.24, 2.45) is 0 Å². The van der Waals surface area contributed by atoms with Gasteiger partial charge < -0.3 is 9.13 Å². The van der Waals surface area contributed by atoms with Crippen LogP contribution in [0.3, 0.4) is 0 Å². The Labute approximate surface area is 661 Å². The molecule has 0 amide bonds. The lowest BCUT2D eigenvalue weighted by Gasteiger charge is -2.23. The summed E-state index contributed by atoms with van der Waals surface area (Å²) in [7, 11) is 0. The van der Waals surface area contributed by atoms with E-state index in [0.29, 0.717) is 124 Å². The van der Waals surface area contributed by atoms with E-state index >= 15 is 13.2 Å². The number of fused-ring (bicyclic) bond motifs is 6. The number of benzene rings is 14. The zero-order chi connectivity index (χ0) is 77.8. The zero-order valence-corrected chi connectivity index (χ0v) is 61.3. The highest BCUT2D eigenvalue weighted by molar-refractivity contribution is 6.13. The van der Waals surface area contributed by atoms with Crippen LogP contribution in [0.15, 0.2) is 352 Å². The van der Waals surface area contributed by atoms with Gasteiger partial charge in [-0.15, -0.1) is 0 Å². The largest absolute Gasteiger partial charge is 0.420 e. The maximum atomic E-state index is 18.6. The van der Waals surface area contributed by atoms with Crippen LogP contribution in [0.5, 0.6) is 0 Å². The van der Waals surface area contributed by atoms with E-state index < -0.39 is 11.7 Å². The van der Waals surface area contributed by atoms with Crippen LogP contribution in [0.25, 0.3) is 203 Å². The molecule has 0 fully saturated rings. The fourth-order valence-corrected chi connectivity index (χ4v) is 15.1. The second-order valence-electron chi connectivity index (χ2n) is 27.8. The van der Waals surface area contributed by atoms with Crippen molar-refractivity contribution in [3.63, 3.8) is 0 Å². The van der Waals surface area contributed by atoms with Crippen molar-refractivity contribution in [3.05, 3.63) is 363 Å². The molecule has 0 unspecified atom stereocenters. The van der Waals surface area contributed by atoms with Crippen LogP contribution < -0.4 is 0 Å². The number of hydrogen-bond donors (Lipinski definition) is 0. The minimum absolute atomic E-state index is 0.268. The summed E-state index contributed by atoms with van der Waals surface area (Å²) >= 11 is 0. The van der Waals surface area contributed by atoms with Crippen LogP contribution >= 0.6 is 0 Å². The quantitative estimate of drug-likeness (QED) is 0.0944. The molecule has 0 saturated carbocycles. The number of hydrogen-bond acceptors (Lipinski definition) is 13. The molecule has 0 bridgehead atoms. The summed E-state index contributed by atoms with van der Waals surface area (Å²) in [5.41, 5.74) is 8.78. The molecular weight excluding hydrogens is 1440 g/mol. The molecule has 0 radical (unpaired) electrons. The van der Waals surface area contributed by atoms with E-state index in [-0.39, 0.29) is 40.2 Å². The molecule has 6 heterocycles. The summed E-state index contributed by atoms with van der Waals surface area (Å²) in [6.45, 7) is 0. The SMILES string of the molecule is N#Cc1cccc(-c2cc(-n3c4cc(-c5nc(-c6ccccc6)nc(-c6ccccc6)n5)ccc4c4ccc(-c5nc(-c6ccccc6)nc(-c6ccccc6)n5)cc43)c(C(F)(F)F)c(-n3c4cc(-c5nc(-c6ccccc6)nc(-c6ccccc6)n5)ccc4c4ccc(-c5nc(-c6ccccc6)nc(-c6ccccc6)n5)cc43)c2)c1. The van der Waals surface area contributed by atoms with Gasteiger partial charge in [0.2, 0.25) is 0 Å². The molecule has 0 aliphatic heterocycles. The molecule has 546 valence electrons. The lowest BCUT2D eigenvalue weighted by atomic mass is 9.98. The summed E-state index contributed by atoms with van der Waals surface area (Å²) in [5.74, 6) is 4.23. The Morgan fingerprint density at radius 3 is 0.621 bits per heavy atom. The third-order valence-corrected chi connectivity index (χ3v) is 20.6. The summed E-state index contributed by atoms with van der Waals surface area (Å²) in [6.07, 6.45) is -5.19. The van der Waals surface area contributed by atoms with E-state index in [1.807, 2.05) is 315 Å². The van der Waals surface area contributed by atoms with Crippen LogP contribution in [0, 0.1) is 11.3 Å². The Balaban J connectivity index is 0.912. The second kappa shape index (κ2) is 29.0. The van der Waals surface area contributed by atoms with Crippen LogP contribution in [0.4, 0.5) is 13.2 Å². The summed E-state index contributed by atoms with van der Waals surface area (Å²) < 4.78 is 59.1. The molecule has 20 rings (SSSR count). The van der Waals surface area contributed by atoms with Crippen molar-refractivity contribution in [2.45, 2.75) is 6.18 Å². The predicted octanol–water partition coefficient (Wildman–Crippen LogP) is 23.2. The first-order valence-electron chi connectivity index (χ1n) is 37.5. The van der Waals surface area contributed by atoms with E-state index in [9.17, 15) is 5.26 Å².